The number of hydrogen-bond donors (Lipinski definition) is 0. The Kier molecular flexibility index (Phi) is 6.77. The van der Waals surface area contributed by atoms with E-state index in [0.717, 1.165) is 21.8 Å². The third-order valence-corrected chi connectivity index (χ3v) is 6.62. The number of benzene rings is 3. The zero-order valence-electron chi connectivity index (χ0n) is 15.8. The Balaban J connectivity index is 1.62. The van der Waals surface area contributed by atoms with E-state index in [-0.39, 0.29) is 12.5 Å². The summed E-state index contributed by atoms with van der Waals surface area (Å²) in [6.45, 7) is 0.284. The van der Waals surface area contributed by atoms with Gasteiger partial charge in [-0.2, -0.15) is 0 Å². The first-order valence-electron chi connectivity index (χ1n) is 9.11. The number of carbonyl (C=O) groups excluding carboxylic acids is 1. The van der Waals surface area contributed by atoms with Gasteiger partial charge in [-0.3, -0.25) is 9.69 Å². The number of ether oxygens (including phenoxy) is 1. The SMILES string of the molecule is O=C1/C(=C/c2cc(Br)ccc2OCc2ccccc2Cl)SC(=S)N1c1cccc(F)c1. The second-order valence-corrected chi connectivity index (χ2v) is 9.56. The molecule has 1 aliphatic rings. The fourth-order valence-corrected chi connectivity index (χ4v) is 4.84. The summed E-state index contributed by atoms with van der Waals surface area (Å²) in [5, 5.41) is 0.622. The average molecular weight is 535 g/mol. The fraction of sp³-hybridized carbons (Fsp3) is 0.0435. The van der Waals surface area contributed by atoms with Gasteiger partial charge in [0.15, 0.2) is 4.32 Å². The van der Waals surface area contributed by atoms with Crippen molar-refractivity contribution in [1.29, 1.82) is 0 Å². The quantitative estimate of drug-likeness (QED) is 0.255. The molecule has 0 N–H and O–H groups in total. The Bertz CT molecular complexity index is 1220. The molecule has 1 saturated heterocycles. The molecular weight excluding hydrogens is 521 g/mol. The predicted octanol–water partition coefficient (Wildman–Crippen LogP) is 7.23. The van der Waals surface area contributed by atoms with Gasteiger partial charge >= 0.3 is 0 Å². The molecule has 1 heterocycles. The lowest BCUT2D eigenvalue weighted by molar-refractivity contribution is -0.113. The third-order valence-electron chi connectivity index (χ3n) is 4.46. The number of thioether (sulfide) groups is 1. The molecule has 31 heavy (non-hydrogen) atoms. The van der Waals surface area contributed by atoms with Crippen molar-refractivity contribution in [1.82, 2.24) is 0 Å². The molecule has 0 atom stereocenters. The molecule has 0 spiro atoms. The maximum absolute atomic E-state index is 13.6. The number of hydrogen-bond acceptors (Lipinski definition) is 4. The van der Waals surface area contributed by atoms with Crippen LogP contribution in [0.3, 0.4) is 0 Å². The highest BCUT2D eigenvalue weighted by Gasteiger charge is 2.33. The maximum Gasteiger partial charge on any atom is 0.270 e. The van der Waals surface area contributed by atoms with Crippen molar-refractivity contribution < 1.29 is 13.9 Å². The van der Waals surface area contributed by atoms with Crippen molar-refractivity contribution in [2.24, 2.45) is 0 Å². The molecule has 3 aromatic rings. The first-order chi connectivity index (χ1) is 14.9. The Morgan fingerprint density at radius 1 is 1.13 bits per heavy atom. The highest BCUT2D eigenvalue weighted by molar-refractivity contribution is 9.10. The van der Waals surface area contributed by atoms with Crippen molar-refractivity contribution in [3.63, 3.8) is 0 Å². The first kappa shape index (κ1) is 22.0. The largest absolute Gasteiger partial charge is 0.488 e. The summed E-state index contributed by atoms with van der Waals surface area (Å²) in [5.41, 5.74) is 1.96. The van der Waals surface area contributed by atoms with Crippen LogP contribution in [0.2, 0.25) is 5.02 Å². The average Bonchev–Trinajstić information content (AvgIpc) is 3.01. The molecule has 0 aliphatic carbocycles. The normalized spacial score (nSPS) is 15.1. The van der Waals surface area contributed by atoms with E-state index in [4.69, 9.17) is 28.6 Å². The zero-order valence-corrected chi connectivity index (χ0v) is 19.8. The minimum atomic E-state index is -0.433. The van der Waals surface area contributed by atoms with Gasteiger partial charge in [0.25, 0.3) is 5.91 Å². The number of halogens is 3. The summed E-state index contributed by atoms with van der Waals surface area (Å²) in [7, 11) is 0. The molecule has 0 radical (unpaired) electrons. The second kappa shape index (κ2) is 9.53. The zero-order chi connectivity index (χ0) is 22.0. The van der Waals surface area contributed by atoms with Crippen LogP contribution in [0.15, 0.2) is 76.1 Å². The lowest BCUT2D eigenvalue weighted by Crippen LogP contribution is -2.27. The summed E-state index contributed by atoms with van der Waals surface area (Å²) in [5.74, 6) is -0.144. The van der Waals surface area contributed by atoms with E-state index in [9.17, 15) is 9.18 Å². The topological polar surface area (TPSA) is 29.5 Å². The Morgan fingerprint density at radius 3 is 2.71 bits per heavy atom. The van der Waals surface area contributed by atoms with Crippen LogP contribution < -0.4 is 9.64 Å². The minimum absolute atomic E-state index is 0.284. The number of carbonyl (C=O) groups is 1. The van der Waals surface area contributed by atoms with Crippen molar-refractivity contribution >= 4 is 73.5 Å². The number of amides is 1. The molecule has 1 fully saturated rings. The van der Waals surface area contributed by atoms with Crippen molar-refractivity contribution in [2.75, 3.05) is 4.90 Å². The summed E-state index contributed by atoms with van der Waals surface area (Å²) in [4.78, 5) is 14.8. The van der Waals surface area contributed by atoms with Crippen LogP contribution in [-0.2, 0) is 11.4 Å². The predicted molar refractivity (Wildman–Crippen MR) is 132 cm³/mol. The molecule has 1 aliphatic heterocycles. The Morgan fingerprint density at radius 2 is 1.94 bits per heavy atom. The molecule has 156 valence electrons. The van der Waals surface area contributed by atoms with Gasteiger partial charge in [-0.25, -0.2) is 4.39 Å². The maximum atomic E-state index is 13.6. The van der Waals surface area contributed by atoms with Gasteiger partial charge in [-0.05, 0) is 48.5 Å². The smallest absolute Gasteiger partial charge is 0.270 e. The molecule has 0 bridgehead atoms. The highest BCUT2D eigenvalue weighted by atomic mass is 79.9. The van der Waals surface area contributed by atoms with E-state index < -0.39 is 5.82 Å². The van der Waals surface area contributed by atoms with Gasteiger partial charge in [0, 0.05) is 20.6 Å². The summed E-state index contributed by atoms with van der Waals surface area (Å²) >= 11 is 16.2. The molecule has 0 aromatic heterocycles. The number of nitrogens with zero attached hydrogens (tertiary/aromatic N) is 1. The Labute approximate surface area is 202 Å². The lowest BCUT2D eigenvalue weighted by atomic mass is 10.1. The van der Waals surface area contributed by atoms with Crippen LogP contribution in [0.25, 0.3) is 6.08 Å². The fourth-order valence-electron chi connectivity index (χ4n) is 2.98. The third kappa shape index (κ3) is 5.01. The van der Waals surface area contributed by atoms with Gasteiger partial charge in [0.05, 0.1) is 10.6 Å². The first-order valence-corrected chi connectivity index (χ1v) is 11.5. The molecule has 3 nitrogen and oxygen atoms in total. The molecule has 0 saturated carbocycles. The van der Waals surface area contributed by atoms with Crippen LogP contribution >= 0.6 is 51.5 Å². The molecule has 4 rings (SSSR count). The van der Waals surface area contributed by atoms with E-state index in [1.807, 2.05) is 36.4 Å². The van der Waals surface area contributed by atoms with Crippen LogP contribution in [0.5, 0.6) is 5.75 Å². The summed E-state index contributed by atoms with van der Waals surface area (Å²) < 4.78 is 20.8. The minimum Gasteiger partial charge on any atom is -0.488 e. The highest BCUT2D eigenvalue weighted by Crippen LogP contribution is 2.38. The van der Waals surface area contributed by atoms with Crippen LogP contribution in [0.1, 0.15) is 11.1 Å². The summed E-state index contributed by atoms with van der Waals surface area (Å²) in [6.07, 6.45) is 1.73. The van der Waals surface area contributed by atoms with E-state index in [1.165, 1.54) is 17.0 Å². The van der Waals surface area contributed by atoms with Crippen LogP contribution in [-0.4, -0.2) is 10.2 Å². The molecule has 0 unspecified atom stereocenters. The van der Waals surface area contributed by atoms with E-state index in [0.29, 0.717) is 31.2 Å². The van der Waals surface area contributed by atoms with Crippen LogP contribution in [0, 0.1) is 5.82 Å². The molecule has 1 amide bonds. The second-order valence-electron chi connectivity index (χ2n) is 6.56. The van der Waals surface area contributed by atoms with Crippen molar-refractivity contribution in [3.8, 4) is 5.75 Å². The summed E-state index contributed by atoms with van der Waals surface area (Å²) in [6, 6.07) is 18.8. The van der Waals surface area contributed by atoms with Gasteiger partial charge in [-0.1, -0.05) is 75.8 Å². The van der Waals surface area contributed by atoms with Gasteiger partial charge in [0.2, 0.25) is 0 Å². The van der Waals surface area contributed by atoms with E-state index in [2.05, 4.69) is 15.9 Å². The number of thiocarbonyl (C=S) groups is 1. The Hall–Kier alpha value is -2.19. The van der Waals surface area contributed by atoms with E-state index in [1.54, 1.807) is 24.3 Å². The molecular formula is C23H14BrClFNO2S2. The van der Waals surface area contributed by atoms with Crippen molar-refractivity contribution in [3.05, 3.63) is 98.1 Å². The molecule has 3 aromatic carbocycles. The molecule has 8 heteroatoms. The number of anilines is 1. The lowest BCUT2D eigenvalue weighted by Gasteiger charge is -2.14. The standard InChI is InChI=1S/C23H14BrClFNO2S2/c24-16-8-9-20(29-13-14-4-1-2-7-19(14)25)15(10-16)11-21-22(28)27(23(30)31-21)18-6-3-5-17(26)12-18/h1-12H,13H2/b21-11-. The van der Waals surface area contributed by atoms with Gasteiger partial charge in [0.1, 0.15) is 18.2 Å². The van der Waals surface area contributed by atoms with Gasteiger partial charge < -0.3 is 4.74 Å². The van der Waals surface area contributed by atoms with Gasteiger partial charge in [-0.15, -0.1) is 0 Å². The van der Waals surface area contributed by atoms with Crippen molar-refractivity contribution in [2.45, 2.75) is 6.61 Å². The monoisotopic (exact) mass is 533 g/mol. The number of rotatable bonds is 5. The van der Waals surface area contributed by atoms with Crippen LogP contribution in [0.4, 0.5) is 10.1 Å². The van der Waals surface area contributed by atoms with E-state index >= 15 is 0 Å².